The summed E-state index contributed by atoms with van der Waals surface area (Å²) < 4.78 is 0. The molecule has 2 heterocycles. The second kappa shape index (κ2) is 7.75. The molecule has 2 saturated heterocycles. The molecular weight excluding hydrogens is 340 g/mol. The minimum absolute atomic E-state index is 0.0147. The third kappa shape index (κ3) is 4.33. The van der Waals surface area contributed by atoms with Crippen molar-refractivity contribution in [2.75, 3.05) is 32.8 Å². The molecule has 25 heavy (non-hydrogen) atoms. The van der Waals surface area contributed by atoms with Crippen LogP contribution in [0.4, 0.5) is 0 Å². The normalized spacial score (nSPS) is 24.0. The summed E-state index contributed by atoms with van der Waals surface area (Å²) in [5.74, 6) is 0.231. The van der Waals surface area contributed by atoms with Crippen molar-refractivity contribution in [1.29, 1.82) is 0 Å². The second-order valence-corrected chi connectivity index (χ2v) is 7.70. The summed E-state index contributed by atoms with van der Waals surface area (Å²) in [5, 5.41) is 9.82. The Balaban J connectivity index is 1.66. The molecule has 0 saturated carbocycles. The highest BCUT2D eigenvalue weighted by Gasteiger charge is 2.42. The van der Waals surface area contributed by atoms with Crippen LogP contribution in [0.2, 0.25) is 5.02 Å². The van der Waals surface area contributed by atoms with Crippen LogP contribution in [-0.2, 0) is 16.0 Å². The Bertz CT molecular complexity index is 651. The summed E-state index contributed by atoms with van der Waals surface area (Å²) in [6, 6.07) is 7.43. The first-order valence-electron chi connectivity index (χ1n) is 8.92. The van der Waals surface area contributed by atoms with E-state index in [1.165, 1.54) is 0 Å². The van der Waals surface area contributed by atoms with E-state index < -0.39 is 0 Å². The van der Waals surface area contributed by atoms with Crippen molar-refractivity contribution in [2.24, 2.45) is 5.41 Å². The number of aliphatic hydroxyl groups excluding tert-OH is 1. The number of carbonyl (C=O) groups excluding carboxylic acids is 2. The quantitative estimate of drug-likeness (QED) is 0.890. The highest BCUT2D eigenvalue weighted by molar-refractivity contribution is 6.30. The molecule has 0 unspecified atom stereocenters. The maximum atomic E-state index is 12.7. The lowest BCUT2D eigenvalue weighted by Crippen LogP contribution is -2.55. The van der Waals surface area contributed by atoms with Crippen LogP contribution in [-0.4, -0.2) is 59.5 Å². The number of carbonyl (C=O) groups is 2. The van der Waals surface area contributed by atoms with Crippen molar-refractivity contribution in [1.82, 2.24) is 9.80 Å². The average molecular weight is 365 g/mol. The fourth-order valence-corrected chi connectivity index (χ4v) is 4.33. The summed E-state index contributed by atoms with van der Waals surface area (Å²) >= 11 is 6.01. The van der Waals surface area contributed by atoms with Crippen LogP contribution in [0.25, 0.3) is 0 Å². The van der Waals surface area contributed by atoms with E-state index in [-0.39, 0.29) is 23.8 Å². The molecule has 2 aliphatic rings. The molecule has 0 radical (unpaired) electrons. The number of rotatable bonds is 4. The zero-order valence-electron chi connectivity index (χ0n) is 14.4. The van der Waals surface area contributed by atoms with Gasteiger partial charge in [-0.3, -0.25) is 9.59 Å². The Morgan fingerprint density at radius 3 is 2.88 bits per heavy atom. The van der Waals surface area contributed by atoms with Gasteiger partial charge in [0.2, 0.25) is 11.8 Å². The molecule has 136 valence electrons. The molecule has 1 atom stereocenters. The SMILES string of the molecule is O=C1CC[C@@]2(CCCN(C(=O)Cc3cccc(Cl)c3)C2)CN1CCO. The summed E-state index contributed by atoms with van der Waals surface area (Å²) in [6.07, 6.45) is 3.69. The average Bonchev–Trinajstić information content (AvgIpc) is 2.59. The zero-order valence-corrected chi connectivity index (χ0v) is 15.2. The number of nitrogens with zero attached hydrogens (tertiary/aromatic N) is 2. The number of likely N-dealkylation sites (tertiary alicyclic amines) is 2. The van der Waals surface area contributed by atoms with Crippen LogP contribution in [0.3, 0.4) is 0 Å². The first kappa shape index (κ1) is 18.2. The Morgan fingerprint density at radius 2 is 2.12 bits per heavy atom. The first-order chi connectivity index (χ1) is 12.0. The van der Waals surface area contributed by atoms with E-state index in [9.17, 15) is 14.7 Å². The van der Waals surface area contributed by atoms with Gasteiger partial charge in [-0.1, -0.05) is 23.7 Å². The van der Waals surface area contributed by atoms with Crippen LogP contribution >= 0.6 is 11.6 Å². The fourth-order valence-electron chi connectivity index (χ4n) is 4.11. The van der Waals surface area contributed by atoms with Gasteiger partial charge in [0.05, 0.1) is 13.0 Å². The minimum Gasteiger partial charge on any atom is -0.395 e. The number of halogens is 1. The van der Waals surface area contributed by atoms with Gasteiger partial charge in [-0.2, -0.15) is 0 Å². The van der Waals surface area contributed by atoms with Crippen molar-refractivity contribution in [3.05, 3.63) is 34.9 Å². The van der Waals surface area contributed by atoms with E-state index in [1.807, 2.05) is 23.1 Å². The van der Waals surface area contributed by atoms with Gasteiger partial charge in [-0.15, -0.1) is 0 Å². The Hall–Kier alpha value is -1.59. The molecule has 1 spiro atoms. The Morgan fingerprint density at radius 1 is 1.28 bits per heavy atom. The van der Waals surface area contributed by atoms with Crippen molar-refractivity contribution in [2.45, 2.75) is 32.1 Å². The molecule has 1 N–H and O–H groups in total. The zero-order chi connectivity index (χ0) is 17.9. The smallest absolute Gasteiger partial charge is 0.227 e. The van der Waals surface area contributed by atoms with Crippen LogP contribution in [0.5, 0.6) is 0 Å². The number of benzene rings is 1. The largest absolute Gasteiger partial charge is 0.395 e. The lowest BCUT2D eigenvalue weighted by atomic mass is 9.73. The number of piperidine rings is 2. The molecule has 0 aromatic heterocycles. The predicted molar refractivity (Wildman–Crippen MR) is 96.3 cm³/mol. The van der Waals surface area contributed by atoms with Crippen molar-refractivity contribution in [3.63, 3.8) is 0 Å². The van der Waals surface area contributed by atoms with Crippen molar-refractivity contribution < 1.29 is 14.7 Å². The summed E-state index contributed by atoms with van der Waals surface area (Å²) in [7, 11) is 0. The van der Waals surface area contributed by atoms with Crippen LogP contribution in [0.1, 0.15) is 31.2 Å². The lowest BCUT2D eigenvalue weighted by Gasteiger charge is -2.48. The number of β-amino-alcohol motifs (C(OH)–C–C–N with tert-alkyl or cyclic N) is 1. The molecular formula is C19H25ClN2O3. The lowest BCUT2D eigenvalue weighted by molar-refractivity contribution is -0.143. The Labute approximate surface area is 153 Å². The maximum Gasteiger partial charge on any atom is 0.227 e. The predicted octanol–water partition coefficient (Wildman–Crippen LogP) is 2.11. The first-order valence-corrected chi connectivity index (χ1v) is 9.30. The van der Waals surface area contributed by atoms with E-state index in [4.69, 9.17) is 11.6 Å². The van der Waals surface area contributed by atoms with Crippen molar-refractivity contribution >= 4 is 23.4 Å². The molecule has 0 aliphatic carbocycles. The molecule has 1 aromatic rings. The highest BCUT2D eigenvalue weighted by atomic mass is 35.5. The van der Waals surface area contributed by atoms with E-state index in [0.29, 0.717) is 37.5 Å². The highest BCUT2D eigenvalue weighted by Crippen LogP contribution is 2.39. The molecule has 2 aliphatic heterocycles. The van der Waals surface area contributed by atoms with E-state index >= 15 is 0 Å². The molecule has 5 nitrogen and oxygen atoms in total. The monoisotopic (exact) mass is 364 g/mol. The molecule has 2 fully saturated rings. The van der Waals surface area contributed by atoms with E-state index in [1.54, 1.807) is 11.0 Å². The molecule has 1 aromatic carbocycles. The molecule has 0 bridgehead atoms. The maximum absolute atomic E-state index is 12.7. The van der Waals surface area contributed by atoms with Crippen LogP contribution in [0, 0.1) is 5.41 Å². The van der Waals surface area contributed by atoms with E-state index in [2.05, 4.69) is 0 Å². The second-order valence-electron chi connectivity index (χ2n) is 7.26. The minimum atomic E-state index is -0.0225. The third-order valence-corrected chi connectivity index (χ3v) is 5.61. The number of amides is 2. The summed E-state index contributed by atoms with van der Waals surface area (Å²) in [4.78, 5) is 28.5. The van der Waals surface area contributed by atoms with Gasteiger partial charge in [0.25, 0.3) is 0 Å². The molecule has 2 amide bonds. The fraction of sp³-hybridized carbons (Fsp3) is 0.579. The van der Waals surface area contributed by atoms with Gasteiger partial charge in [0.1, 0.15) is 0 Å². The number of aliphatic hydroxyl groups is 1. The van der Waals surface area contributed by atoms with Gasteiger partial charge >= 0.3 is 0 Å². The summed E-state index contributed by atoms with van der Waals surface area (Å²) in [5.41, 5.74) is 0.906. The topological polar surface area (TPSA) is 60.9 Å². The van der Waals surface area contributed by atoms with Crippen LogP contribution in [0.15, 0.2) is 24.3 Å². The Kier molecular flexibility index (Phi) is 5.64. The molecule has 3 rings (SSSR count). The third-order valence-electron chi connectivity index (χ3n) is 5.38. The van der Waals surface area contributed by atoms with Gasteiger partial charge in [-0.05, 0) is 37.0 Å². The van der Waals surface area contributed by atoms with Gasteiger partial charge in [0.15, 0.2) is 0 Å². The van der Waals surface area contributed by atoms with Crippen molar-refractivity contribution in [3.8, 4) is 0 Å². The van der Waals surface area contributed by atoms with Gasteiger partial charge in [0, 0.05) is 43.0 Å². The van der Waals surface area contributed by atoms with Gasteiger partial charge < -0.3 is 14.9 Å². The van der Waals surface area contributed by atoms with Gasteiger partial charge in [-0.25, -0.2) is 0 Å². The number of hydrogen-bond acceptors (Lipinski definition) is 3. The standard InChI is InChI=1S/C19H25ClN2O3/c20-16-4-1-3-15(11-16)12-18(25)21-8-2-6-19(13-21)7-5-17(24)22(14-19)9-10-23/h1,3-4,11,23H,2,5-10,12-14H2/t19-/m1/s1. The summed E-state index contributed by atoms with van der Waals surface area (Å²) in [6.45, 7) is 2.49. The van der Waals surface area contributed by atoms with Crippen LogP contribution < -0.4 is 0 Å². The molecule has 6 heteroatoms. The number of hydrogen-bond donors (Lipinski definition) is 1. The van der Waals surface area contributed by atoms with E-state index in [0.717, 1.165) is 31.4 Å².